The Morgan fingerprint density at radius 2 is 0.474 bits per heavy atom. The molecule has 0 aliphatic rings. The molecule has 0 N–H and O–H groups in total. The molecule has 0 bridgehead atoms. The van der Waals surface area contributed by atoms with E-state index in [1.165, 1.54) is 238 Å². The van der Waals surface area contributed by atoms with Gasteiger partial charge in [-0.15, -0.1) is 0 Å². The molecule has 0 heterocycles. The minimum Gasteiger partial charge on any atom is -0.462 e. The molecule has 0 aromatic carbocycles. The Hall–Kier alpha value is -2.63. The predicted molar refractivity (Wildman–Crippen MR) is 330 cm³/mol. The lowest BCUT2D eigenvalue weighted by Crippen LogP contribution is -2.30. The van der Waals surface area contributed by atoms with Crippen LogP contribution in [0.1, 0.15) is 361 Å². The van der Waals surface area contributed by atoms with Crippen molar-refractivity contribution in [3.8, 4) is 0 Å². The Balaban J connectivity index is 3.88. The first-order valence-electron chi connectivity index (χ1n) is 33.6. The zero-order chi connectivity index (χ0) is 55.0. The van der Waals surface area contributed by atoms with Crippen molar-refractivity contribution in [1.82, 2.24) is 0 Å². The summed E-state index contributed by atoms with van der Waals surface area (Å²) in [7, 11) is 0. The van der Waals surface area contributed by atoms with Crippen LogP contribution in [0.4, 0.5) is 0 Å². The molecule has 0 aliphatic carbocycles. The maximum Gasteiger partial charge on any atom is 0.306 e. The molecule has 6 nitrogen and oxygen atoms in total. The van der Waals surface area contributed by atoms with Gasteiger partial charge in [0.25, 0.3) is 0 Å². The molecule has 0 saturated carbocycles. The van der Waals surface area contributed by atoms with Gasteiger partial charge in [0.15, 0.2) is 6.10 Å². The van der Waals surface area contributed by atoms with Crippen LogP contribution in [0.25, 0.3) is 0 Å². The van der Waals surface area contributed by atoms with Crippen molar-refractivity contribution in [2.24, 2.45) is 0 Å². The van der Waals surface area contributed by atoms with Crippen LogP contribution in [0, 0.1) is 0 Å². The quantitative estimate of drug-likeness (QED) is 0.0261. The van der Waals surface area contributed by atoms with Crippen molar-refractivity contribution >= 4 is 17.9 Å². The van der Waals surface area contributed by atoms with Crippen LogP contribution in [0.15, 0.2) is 48.6 Å². The number of carbonyl (C=O) groups is 3. The minimum atomic E-state index is -0.771. The van der Waals surface area contributed by atoms with Gasteiger partial charge in [0.1, 0.15) is 13.2 Å². The Morgan fingerprint density at radius 3 is 0.737 bits per heavy atom. The highest BCUT2D eigenvalue weighted by molar-refractivity contribution is 5.71. The van der Waals surface area contributed by atoms with Gasteiger partial charge in [-0.25, -0.2) is 0 Å². The smallest absolute Gasteiger partial charge is 0.306 e. The lowest BCUT2D eigenvalue weighted by Gasteiger charge is -2.18. The average molecular weight is 1070 g/mol. The summed E-state index contributed by atoms with van der Waals surface area (Å²) >= 11 is 0. The number of unbranched alkanes of at least 4 members (excludes halogenated alkanes) is 43. The molecular weight excluding hydrogens is 937 g/mol. The van der Waals surface area contributed by atoms with Gasteiger partial charge in [0.2, 0.25) is 0 Å². The first-order chi connectivity index (χ1) is 37.5. The average Bonchev–Trinajstić information content (AvgIpc) is 3.42. The standard InChI is InChI=1S/C70H128O6/c1-4-7-10-13-15-17-19-21-23-25-27-28-29-30-31-32-33-34-35-36-37-38-39-40-41-42-43-45-46-48-50-52-54-57-60-63-69(72)75-66-67(65-74-68(71)62-59-56-12-9-6-3)76-70(73)64-61-58-55-53-51-49-47-44-26-24-22-20-18-16-14-11-8-5-2/h18-21,24-27,67H,4-17,22-23,28-66H2,1-3H3/b20-18-,21-19-,26-24-,27-25-. The molecule has 444 valence electrons. The molecule has 0 spiro atoms. The zero-order valence-corrected chi connectivity index (χ0v) is 51.0. The number of carbonyl (C=O) groups excluding carboxylic acids is 3. The van der Waals surface area contributed by atoms with E-state index in [4.69, 9.17) is 14.2 Å². The number of ether oxygens (including phenoxy) is 3. The summed E-state index contributed by atoms with van der Waals surface area (Å²) in [5.74, 6) is -0.876. The number of rotatable bonds is 62. The van der Waals surface area contributed by atoms with Crippen molar-refractivity contribution in [3.05, 3.63) is 48.6 Å². The SMILES string of the molecule is CCCCCC/C=C\C/C=C\CCCCCCCCCC(=O)OC(COC(=O)CCCCCCC)COC(=O)CCCCCCCCCCCCCCCCCCCCCCCCC/C=C\C/C=C\CCCCCCC. The second-order valence-corrected chi connectivity index (χ2v) is 22.7. The Labute approximate surface area is 473 Å². The van der Waals surface area contributed by atoms with Crippen LogP contribution in [-0.4, -0.2) is 37.2 Å². The van der Waals surface area contributed by atoms with Crippen molar-refractivity contribution in [2.75, 3.05) is 13.2 Å². The summed E-state index contributed by atoms with van der Waals surface area (Å²) in [6.45, 7) is 6.57. The molecule has 0 radical (unpaired) electrons. The monoisotopic (exact) mass is 1060 g/mol. The van der Waals surface area contributed by atoms with E-state index in [-0.39, 0.29) is 31.1 Å². The van der Waals surface area contributed by atoms with Crippen molar-refractivity contribution in [1.29, 1.82) is 0 Å². The van der Waals surface area contributed by atoms with Crippen molar-refractivity contribution in [2.45, 2.75) is 367 Å². The third-order valence-corrected chi connectivity index (χ3v) is 15.1. The lowest BCUT2D eigenvalue weighted by molar-refractivity contribution is -0.167. The highest BCUT2D eigenvalue weighted by Crippen LogP contribution is 2.18. The molecule has 0 aromatic rings. The minimum absolute atomic E-state index is 0.0725. The Kier molecular flexibility index (Phi) is 62.6. The van der Waals surface area contributed by atoms with Crippen LogP contribution >= 0.6 is 0 Å². The molecule has 0 aliphatic heterocycles. The van der Waals surface area contributed by atoms with E-state index in [1.54, 1.807) is 0 Å². The summed E-state index contributed by atoms with van der Waals surface area (Å²) in [5, 5.41) is 0. The first kappa shape index (κ1) is 73.4. The normalized spacial score (nSPS) is 12.3. The number of hydrogen-bond acceptors (Lipinski definition) is 6. The first-order valence-corrected chi connectivity index (χ1v) is 33.6. The van der Waals surface area contributed by atoms with Crippen LogP contribution in [0.2, 0.25) is 0 Å². The van der Waals surface area contributed by atoms with Gasteiger partial charge in [-0.1, -0.05) is 307 Å². The summed E-state index contributed by atoms with van der Waals surface area (Å²) < 4.78 is 16.8. The maximum atomic E-state index is 12.8. The molecular formula is C70H128O6. The summed E-state index contributed by atoms with van der Waals surface area (Å²) in [4.78, 5) is 37.9. The van der Waals surface area contributed by atoms with Gasteiger partial charge in [0, 0.05) is 19.3 Å². The molecule has 6 heteroatoms. The van der Waals surface area contributed by atoms with E-state index in [0.29, 0.717) is 19.3 Å². The van der Waals surface area contributed by atoms with E-state index in [0.717, 1.165) is 83.5 Å². The van der Waals surface area contributed by atoms with Crippen molar-refractivity contribution in [3.63, 3.8) is 0 Å². The Morgan fingerprint density at radius 1 is 0.263 bits per heavy atom. The highest BCUT2D eigenvalue weighted by atomic mass is 16.6. The van der Waals surface area contributed by atoms with E-state index in [1.807, 2.05) is 0 Å². The largest absolute Gasteiger partial charge is 0.462 e. The number of hydrogen-bond donors (Lipinski definition) is 0. The number of allylic oxidation sites excluding steroid dienone is 8. The van der Waals surface area contributed by atoms with Crippen LogP contribution < -0.4 is 0 Å². The van der Waals surface area contributed by atoms with Gasteiger partial charge in [-0.2, -0.15) is 0 Å². The van der Waals surface area contributed by atoms with Crippen LogP contribution in [-0.2, 0) is 28.6 Å². The van der Waals surface area contributed by atoms with Crippen molar-refractivity contribution < 1.29 is 28.6 Å². The molecule has 0 aromatic heterocycles. The molecule has 1 unspecified atom stereocenters. The van der Waals surface area contributed by atoms with Gasteiger partial charge < -0.3 is 14.2 Å². The molecule has 76 heavy (non-hydrogen) atoms. The van der Waals surface area contributed by atoms with E-state index in [9.17, 15) is 14.4 Å². The third-order valence-electron chi connectivity index (χ3n) is 15.1. The molecule has 0 fully saturated rings. The molecule has 0 saturated heterocycles. The lowest BCUT2D eigenvalue weighted by atomic mass is 10.0. The summed E-state index contributed by atoms with van der Waals surface area (Å²) in [6.07, 6.45) is 82.0. The second-order valence-electron chi connectivity index (χ2n) is 22.7. The fourth-order valence-electron chi connectivity index (χ4n) is 9.98. The van der Waals surface area contributed by atoms with Crippen LogP contribution in [0.5, 0.6) is 0 Å². The molecule has 0 rings (SSSR count). The topological polar surface area (TPSA) is 78.9 Å². The number of esters is 3. The predicted octanol–water partition coefficient (Wildman–Crippen LogP) is 22.9. The van der Waals surface area contributed by atoms with Gasteiger partial charge in [0.05, 0.1) is 0 Å². The van der Waals surface area contributed by atoms with E-state index in [2.05, 4.69) is 69.4 Å². The van der Waals surface area contributed by atoms with Gasteiger partial charge in [-0.05, 0) is 83.5 Å². The van der Waals surface area contributed by atoms with Gasteiger partial charge in [-0.3, -0.25) is 14.4 Å². The van der Waals surface area contributed by atoms with E-state index >= 15 is 0 Å². The third kappa shape index (κ3) is 62.2. The molecule has 0 amide bonds. The summed E-state index contributed by atoms with van der Waals surface area (Å²) in [5.41, 5.74) is 0. The van der Waals surface area contributed by atoms with Gasteiger partial charge >= 0.3 is 17.9 Å². The van der Waals surface area contributed by atoms with E-state index < -0.39 is 6.10 Å². The Bertz CT molecular complexity index is 1310. The summed E-state index contributed by atoms with van der Waals surface area (Å²) in [6, 6.07) is 0. The second kappa shape index (κ2) is 64.9. The fraction of sp³-hybridized carbons (Fsp3) is 0.843. The zero-order valence-electron chi connectivity index (χ0n) is 51.0. The maximum absolute atomic E-state index is 12.8. The fourth-order valence-corrected chi connectivity index (χ4v) is 9.98. The van der Waals surface area contributed by atoms with Crippen LogP contribution in [0.3, 0.4) is 0 Å². The molecule has 1 atom stereocenters. The highest BCUT2D eigenvalue weighted by Gasteiger charge is 2.19.